The van der Waals surface area contributed by atoms with Gasteiger partial charge in [-0.25, -0.2) is 8.42 Å². The molecule has 1 aliphatic rings. The van der Waals surface area contributed by atoms with Gasteiger partial charge in [0.15, 0.2) is 0 Å². The van der Waals surface area contributed by atoms with Crippen LogP contribution in [0.1, 0.15) is 25.2 Å². The maximum Gasteiger partial charge on any atom is 0.303 e. The zero-order chi connectivity index (χ0) is 17.2. The minimum absolute atomic E-state index is 0.0886. The number of aromatic nitrogens is 2. The van der Waals surface area contributed by atoms with Crippen molar-refractivity contribution in [3.8, 4) is 11.4 Å². The topological polar surface area (TPSA) is 114 Å². The van der Waals surface area contributed by atoms with Crippen molar-refractivity contribution in [1.29, 1.82) is 0 Å². The predicted octanol–water partition coefficient (Wildman–Crippen LogP) is 1.54. The van der Waals surface area contributed by atoms with Gasteiger partial charge in [0.25, 0.3) is 0 Å². The first-order valence-corrected chi connectivity index (χ1v) is 9.06. The lowest BCUT2D eigenvalue weighted by atomic mass is 10.2. The maximum absolute atomic E-state index is 12.5. The summed E-state index contributed by atoms with van der Waals surface area (Å²) in [6.45, 7) is 1.11. The fourth-order valence-electron chi connectivity index (χ4n) is 2.54. The van der Waals surface area contributed by atoms with Gasteiger partial charge < -0.3 is 9.63 Å². The number of hydrogen-bond donors (Lipinski definition) is 1. The van der Waals surface area contributed by atoms with Gasteiger partial charge in [0.2, 0.25) is 21.7 Å². The molecule has 128 valence electrons. The van der Waals surface area contributed by atoms with Gasteiger partial charge in [-0.1, -0.05) is 5.16 Å². The van der Waals surface area contributed by atoms with E-state index in [4.69, 9.17) is 9.63 Å². The quantitative estimate of drug-likeness (QED) is 0.839. The summed E-state index contributed by atoms with van der Waals surface area (Å²) in [6, 6.07) is 6.29. The lowest BCUT2D eigenvalue weighted by Gasteiger charge is -2.15. The molecule has 1 aromatic carbocycles. The Morgan fingerprint density at radius 1 is 1.21 bits per heavy atom. The number of hydrogen-bond acceptors (Lipinski definition) is 6. The van der Waals surface area contributed by atoms with E-state index in [1.807, 2.05) is 0 Å². The molecule has 8 nitrogen and oxygen atoms in total. The average Bonchev–Trinajstić information content (AvgIpc) is 3.25. The Morgan fingerprint density at radius 3 is 2.50 bits per heavy atom. The number of carboxylic acid groups (broad SMARTS) is 1. The molecule has 3 rings (SSSR count). The van der Waals surface area contributed by atoms with Crippen molar-refractivity contribution in [2.75, 3.05) is 13.1 Å². The van der Waals surface area contributed by atoms with Crippen LogP contribution >= 0.6 is 0 Å². The molecular formula is C15H17N3O5S. The Bertz CT molecular complexity index is 823. The number of carboxylic acids is 1. The number of aryl methyl sites for hydroxylation is 1. The third-order valence-electron chi connectivity index (χ3n) is 3.84. The summed E-state index contributed by atoms with van der Waals surface area (Å²) >= 11 is 0. The van der Waals surface area contributed by atoms with Gasteiger partial charge in [0.1, 0.15) is 0 Å². The number of benzene rings is 1. The second kappa shape index (κ2) is 6.70. The van der Waals surface area contributed by atoms with Crippen LogP contribution in [-0.4, -0.2) is 47.0 Å². The number of rotatable bonds is 6. The summed E-state index contributed by atoms with van der Waals surface area (Å²) < 4.78 is 31.4. The summed E-state index contributed by atoms with van der Waals surface area (Å²) in [5.41, 5.74) is 0.612. The average molecular weight is 351 g/mol. The highest BCUT2D eigenvalue weighted by molar-refractivity contribution is 7.89. The molecule has 1 N–H and O–H groups in total. The van der Waals surface area contributed by atoms with E-state index < -0.39 is 16.0 Å². The van der Waals surface area contributed by atoms with Crippen molar-refractivity contribution in [1.82, 2.24) is 14.4 Å². The molecule has 0 aliphatic carbocycles. The van der Waals surface area contributed by atoms with Gasteiger partial charge >= 0.3 is 5.97 Å². The summed E-state index contributed by atoms with van der Waals surface area (Å²) in [5.74, 6) is -0.395. The fourth-order valence-corrected chi connectivity index (χ4v) is 4.06. The van der Waals surface area contributed by atoms with E-state index in [9.17, 15) is 13.2 Å². The van der Waals surface area contributed by atoms with Gasteiger partial charge in [-0.3, -0.25) is 4.79 Å². The van der Waals surface area contributed by atoms with Crippen LogP contribution < -0.4 is 0 Å². The third-order valence-corrected chi connectivity index (χ3v) is 5.75. The van der Waals surface area contributed by atoms with Gasteiger partial charge in [0.05, 0.1) is 11.3 Å². The number of nitrogens with zero attached hydrogens (tertiary/aromatic N) is 3. The van der Waals surface area contributed by atoms with Crippen molar-refractivity contribution < 1.29 is 22.8 Å². The molecule has 0 amide bonds. The summed E-state index contributed by atoms with van der Waals surface area (Å²) in [5, 5.41) is 12.4. The summed E-state index contributed by atoms with van der Waals surface area (Å²) in [6.07, 6.45) is 1.84. The number of carbonyl (C=O) groups is 1. The summed E-state index contributed by atoms with van der Waals surface area (Å²) in [7, 11) is -3.45. The van der Waals surface area contributed by atoms with E-state index in [1.54, 1.807) is 12.1 Å². The molecule has 1 fully saturated rings. The Balaban J connectivity index is 1.76. The Hall–Kier alpha value is -2.26. The second-order valence-corrected chi connectivity index (χ2v) is 7.48. The normalized spacial score (nSPS) is 15.7. The van der Waals surface area contributed by atoms with Crippen molar-refractivity contribution in [2.24, 2.45) is 0 Å². The molecule has 0 spiro atoms. The van der Waals surface area contributed by atoms with Gasteiger partial charge in [0, 0.05) is 25.1 Å². The van der Waals surface area contributed by atoms with Crippen LogP contribution in [0.3, 0.4) is 0 Å². The first-order valence-electron chi connectivity index (χ1n) is 7.62. The highest BCUT2D eigenvalue weighted by Crippen LogP contribution is 2.23. The van der Waals surface area contributed by atoms with Gasteiger partial charge in [-0.05, 0) is 37.1 Å². The molecule has 1 saturated heterocycles. The van der Waals surface area contributed by atoms with Crippen molar-refractivity contribution in [3.63, 3.8) is 0 Å². The van der Waals surface area contributed by atoms with E-state index in [-0.39, 0.29) is 23.6 Å². The molecule has 0 unspecified atom stereocenters. The molecule has 1 aliphatic heterocycles. The third kappa shape index (κ3) is 3.46. The van der Waals surface area contributed by atoms with Crippen LogP contribution in [0, 0.1) is 0 Å². The molecule has 0 radical (unpaired) electrons. The maximum atomic E-state index is 12.5. The Kier molecular flexibility index (Phi) is 4.63. The highest BCUT2D eigenvalue weighted by atomic mass is 32.2. The summed E-state index contributed by atoms with van der Waals surface area (Å²) in [4.78, 5) is 14.9. The minimum atomic E-state index is -3.45. The highest BCUT2D eigenvalue weighted by Gasteiger charge is 2.27. The van der Waals surface area contributed by atoms with Crippen LogP contribution in [-0.2, 0) is 21.2 Å². The van der Waals surface area contributed by atoms with Crippen LogP contribution in [0.2, 0.25) is 0 Å². The lowest BCUT2D eigenvalue weighted by molar-refractivity contribution is -0.137. The number of sulfonamides is 1. The van der Waals surface area contributed by atoms with Crippen molar-refractivity contribution in [3.05, 3.63) is 30.2 Å². The molecule has 2 aromatic rings. The standard InChI is InChI=1S/C15H17N3O5S/c19-14(20)8-7-13-16-15(17-23-13)11-3-5-12(6-4-11)24(21,22)18-9-1-2-10-18/h3-6H,1-2,7-10H2,(H,19,20). The SMILES string of the molecule is O=C(O)CCc1nc(-c2ccc(S(=O)(=O)N3CCCC3)cc2)no1. The van der Waals surface area contributed by atoms with Crippen LogP contribution in [0.5, 0.6) is 0 Å². The molecule has 0 atom stereocenters. The monoisotopic (exact) mass is 351 g/mol. The van der Waals surface area contributed by atoms with Crippen molar-refractivity contribution >= 4 is 16.0 Å². The second-order valence-electron chi connectivity index (χ2n) is 5.54. The van der Waals surface area contributed by atoms with E-state index >= 15 is 0 Å². The van der Waals surface area contributed by atoms with Crippen LogP contribution in [0.25, 0.3) is 11.4 Å². The zero-order valence-corrected chi connectivity index (χ0v) is 13.7. The smallest absolute Gasteiger partial charge is 0.303 e. The predicted molar refractivity (Wildman–Crippen MR) is 83.7 cm³/mol. The molecule has 2 heterocycles. The zero-order valence-electron chi connectivity index (χ0n) is 12.9. The van der Waals surface area contributed by atoms with Crippen LogP contribution in [0.4, 0.5) is 0 Å². The molecular weight excluding hydrogens is 334 g/mol. The number of aliphatic carboxylic acids is 1. The molecule has 0 bridgehead atoms. The fraction of sp³-hybridized carbons (Fsp3) is 0.400. The van der Waals surface area contributed by atoms with E-state index in [0.29, 0.717) is 24.5 Å². The first-order chi connectivity index (χ1) is 11.5. The van der Waals surface area contributed by atoms with Crippen molar-refractivity contribution in [2.45, 2.75) is 30.6 Å². The van der Waals surface area contributed by atoms with E-state index in [1.165, 1.54) is 16.4 Å². The largest absolute Gasteiger partial charge is 0.481 e. The molecule has 0 saturated carbocycles. The Morgan fingerprint density at radius 2 is 1.88 bits per heavy atom. The Labute approximate surface area is 139 Å². The lowest BCUT2D eigenvalue weighted by Crippen LogP contribution is -2.27. The van der Waals surface area contributed by atoms with Crippen LogP contribution in [0.15, 0.2) is 33.7 Å². The van der Waals surface area contributed by atoms with Gasteiger partial charge in [-0.15, -0.1) is 0 Å². The molecule has 1 aromatic heterocycles. The molecule has 9 heteroatoms. The van der Waals surface area contributed by atoms with E-state index in [2.05, 4.69) is 10.1 Å². The van der Waals surface area contributed by atoms with Gasteiger partial charge in [-0.2, -0.15) is 9.29 Å². The first kappa shape index (κ1) is 16.6. The minimum Gasteiger partial charge on any atom is -0.481 e. The van der Waals surface area contributed by atoms with E-state index in [0.717, 1.165) is 12.8 Å². The molecule has 24 heavy (non-hydrogen) atoms.